The van der Waals surface area contributed by atoms with E-state index in [0.29, 0.717) is 31.8 Å². The summed E-state index contributed by atoms with van der Waals surface area (Å²) < 4.78 is 5.07. The molecule has 1 aromatic rings. The zero-order valence-corrected chi connectivity index (χ0v) is 15.2. The van der Waals surface area contributed by atoms with Crippen molar-refractivity contribution in [1.82, 2.24) is 19.8 Å². The van der Waals surface area contributed by atoms with Crippen LogP contribution in [0.5, 0.6) is 0 Å². The monoisotopic (exact) mass is 348 g/mol. The molecule has 1 aromatic heterocycles. The van der Waals surface area contributed by atoms with E-state index >= 15 is 0 Å². The molecule has 2 amide bonds. The molecule has 0 N–H and O–H groups in total. The van der Waals surface area contributed by atoms with Gasteiger partial charge in [-0.05, 0) is 32.6 Å². The smallest absolute Gasteiger partial charge is 0.274 e. The third-order valence-electron chi connectivity index (χ3n) is 4.37. The number of hydrogen-bond donors (Lipinski definition) is 0. The van der Waals surface area contributed by atoms with Gasteiger partial charge in [-0.25, -0.2) is 4.98 Å². The Balaban J connectivity index is 1.95. The summed E-state index contributed by atoms with van der Waals surface area (Å²) in [6.07, 6.45) is 7.48. The van der Waals surface area contributed by atoms with E-state index in [1.807, 2.05) is 11.8 Å². The molecule has 138 valence electrons. The molecule has 0 aromatic carbocycles. The molecular formula is C18H28N4O3. The summed E-state index contributed by atoms with van der Waals surface area (Å²) >= 11 is 0. The first kappa shape index (κ1) is 19.3. The lowest BCUT2D eigenvalue weighted by Crippen LogP contribution is -2.40. The summed E-state index contributed by atoms with van der Waals surface area (Å²) in [6.45, 7) is 5.00. The average molecular weight is 348 g/mol. The Bertz CT molecular complexity index is 556. The van der Waals surface area contributed by atoms with Crippen molar-refractivity contribution in [3.05, 3.63) is 23.8 Å². The van der Waals surface area contributed by atoms with Crippen molar-refractivity contribution < 1.29 is 14.3 Å². The number of carbonyl (C=O) groups excluding carboxylic acids is 2. The van der Waals surface area contributed by atoms with Crippen LogP contribution < -0.4 is 0 Å². The van der Waals surface area contributed by atoms with Gasteiger partial charge < -0.3 is 14.5 Å². The summed E-state index contributed by atoms with van der Waals surface area (Å²) in [7, 11) is 1.64. The lowest BCUT2D eigenvalue weighted by Gasteiger charge is -2.28. The summed E-state index contributed by atoms with van der Waals surface area (Å²) in [4.78, 5) is 37.0. The zero-order chi connectivity index (χ0) is 18.1. The van der Waals surface area contributed by atoms with E-state index in [0.717, 1.165) is 38.0 Å². The number of amides is 2. The second kappa shape index (κ2) is 10.1. The number of rotatable bonds is 8. The fourth-order valence-electron chi connectivity index (χ4n) is 2.91. The van der Waals surface area contributed by atoms with Crippen LogP contribution in [-0.4, -0.2) is 71.5 Å². The minimum absolute atomic E-state index is 0.124. The molecule has 0 radical (unpaired) electrons. The zero-order valence-electron chi connectivity index (χ0n) is 15.2. The second-order valence-electron chi connectivity index (χ2n) is 6.37. The van der Waals surface area contributed by atoms with Gasteiger partial charge in [0.2, 0.25) is 5.91 Å². The first-order chi connectivity index (χ1) is 12.1. The van der Waals surface area contributed by atoms with Crippen molar-refractivity contribution in [2.45, 2.75) is 39.0 Å². The molecular weight excluding hydrogens is 320 g/mol. The number of aromatic nitrogens is 2. The van der Waals surface area contributed by atoms with Crippen LogP contribution in [0.2, 0.25) is 0 Å². The van der Waals surface area contributed by atoms with Gasteiger partial charge in [-0.1, -0.05) is 0 Å². The van der Waals surface area contributed by atoms with Gasteiger partial charge in [-0.15, -0.1) is 0 Å². The summed E-state index contributed by atoms with van der Waals surface area (Å²) in [5.41, 5.74) is 1.08. The highest BCUT2D eigenvalue weighted by atomic mass is 16.5. The minimum Gasteiger partial charge on any atom is -0.385 e. The molecule has 0 atom stereocenters. The van der Waals surface area contributed by atoms with E-state index < -0.39 is 0 Å². The van der Waals surface area contributed by atoms with Crippen molar-refractivity contribution in [2.75, 3.05) is 39.9 Å². The fourth-order valence-corrected chi connectivity index (χ4v) is 2.91. The number of ether oxygens (including phenoxy) is 1. The highest BCUT2D eigenvalue weighted by Crippen LogP contribution is 2.11. The molecule has 1 saturated heterocycles. The topological polar surface area (TPSA) is 75.6 Å². The van der Waals surface area contributed by atoms with Crippen LogP contribution in [0.1, 0.15) is 48.3 Å². The number of nitrogens with zero attached hydrogens (tertiary/aromatic N) is 4. The van der Waals surface area contributed by atoms with Gasteiger partial charge in [0, 0.05) is 52.5 Å². The lowest BCUT2D eigenvalue weighted by molar-refractivity contribution is -0.132. The summed E-state index contributed by atoms with van der Waals surface area (Å²) in [5, 5.41) is 0. The number of aryl methyl sites for hydroxylation is 1. The number of methoxy groups -OCH3 is 1. The molecule has 1 aliphatic rings. The molecule has 0 bridgehead atoms. The number of piperidine rings is 1. The molecule has 0 spiro atoms. The molecule has 7 heteroatoms. The highest BCUT2D eigenvalue weighted by molar-refractivity contribution is 5.92. The quantitative estimate of drug-likeness (QED) is 0.668. The third kappa shape index (κ3) is 6.08. The SMILES string of the molecule is COCCCN(CCC(=O)N1CCCCC1)C(=O)c1cnc(C)cn1. The van der Waals surface area contributed by atoms with Gasteiger partial charge in [0.1, 0.15) is 5.69 Å². The van der Waals surface area contributed by atoms with Crippen LogP contribution in [0.3, 0.4) is 0 Å². The van der Waals surface area contributed by atoms with E-state index in [1.54, 1.807) is 18.2 Å². The third-order valence-corrected chi connectivity index (χ3v) is 4.37. The summed E-state index contributed by atoms with van der Waals surface area (Å²) in [5.74, 6) is -0.0609. The Hall–Kier alpha value is -2.02. The molecule has 1 aliphatic heterocycles. The van der Waals surface area contributed by atoms with Crippen molar-refractivity contribution in [3.8, 4) is 0 Å². The molecule has 2 heterocycles. The number of hydrogen-bond acceptors (Lipinski definition) is 5. The largest absolute Gasteiger partial charge is 0.385 e. The van der Waals surface area contributed by atoms with E-state index in [9.17, 15) is 9.59 Å². The van der Waals surface area contributed by atoms with Crippen molar-refractivity contribution in [2.24, 2.45) is 0 Å². The van der Waals surface area contributed by atoms with Crippen LogP contribution in [0.25, 0.3) is 0 Å². The van der Waals surface area contributed by atoms with E-state index in [2.05, 4.69) is 9.97 Å². The predicted molar refractivity (Wildman–Crippen MR) is 94.2 cm³/mol. The first-order valence-electron chi connectivity index (χ1n) is 8.96. The molecule has 25 heavy (non-hydrogen) atoms. The predicted octanol–water partition coefficient (Wildman–Crippen LogP) is 1.67. The number of likely N-dealkylation sites (tertiary alicyclic amines) is 1. The molecule has 2 rings (SSSR count). The van der Waals surface area contributed by atoms with Gasteiger partial charge in [0.05, 0.1) is 11.9 Å². The van der Waals surface area contributed by atoms with E-state index in [1.165, 1.54) is 12.6 Å². The van der Waals surface area contributed by atoms with Crippen LogP contribution in [0, 0.1) is 6.92 Å². The van der Waals surface area contributed by atoms with Crippen LogP contribution >= 0.6 is 0 Å². The van der Waals surface area contributed by atoms with Gasteiger partial charge in [-0.3, -0.25) is 14.6 Å². The standard InChI is InChI=1S/C18H28N4O3/c1-15-13-20-16(14-19-15)18(24)22(10-6-12-25-2)11-7-17(23)21-8-4-3-5-9-21/h13-14H,3-12H2,1-2H3. The highest BCUT2D eigenvalue weighted by Gasteiger charge is 2.21. The Morgan fingerprint density at radius 1 is 1.16 bits per heavy atom. The summed E-state index contributed by atoms with van der Waals surface area (Å²) in [6, 6.07) is 0. The Morgan fingerprint density at radius 2 is 1.92 bits per heavy atom. The lowest BCUT2D eigenvalue weighted by atomic mass is 10.1. The minimum atomic E-state index is -0.185. The maximum Gasteiger partial charge on any atom is 0.274 e. The Kier molecular flexibility index (Phi) is 7.78. The molecule has 0 unspecified atom stereocenters. The maximum absolute atomic E-state index is 12.7. The van der Waals surface area contributed by atoms with Crippen LogP contribution in [-0.2, 0) is 9.53 Å². The first-order valence-corrected chi connectivity index (χ1v) is 8.96. The Labute approximate surface area is 149 Å². The van der Waals surface area contributed by atoms with Gasteiger partial charge in [0.25, 0.3) is 5.91 Å². The maximum atomic E-state index is 12.7. The van der Waals surface area contributed by atoms with E-state index in [4.69, 9.17) is 4.74 Å². The van der Waals surface area contributed by atoms with Crippen molar-refractivity contribution in [1.29, 1.82) is 0 Å². The average Bonchev–Trinajstić information content (AvgIpc) is 2.65. The Morgan fingerprint density at radius 3 is 2.56 bits per heavy atom. The fraction of sp³-hybridized carbons (Fsp3) is 0.667. The van der Waals surface area contributed by atoms with Gasteiger partial charge in [0.15, 0.2) is 0 Å². The molecule has 0 saturated carbocycles. The van der Waals surface area contributed by atoms with Crippen LogP contribution in [0.15, 0.2) is 12.4 Å². The number of carbonyl (C=O) groups is 2. The van der Waals surface area contributed by atoms with Crippen molar-refractivity contribution >= 4 is 11.8 Å². The van der Waals surface area contributed by atoms with Gasteiger partial charge in [-0.2, -0.15) is 0 Å². The van der Waals surface area contributed by atoms with Crippen LogP contribution in [0.4, 0.5) is 0 Å². The molecule has 1 fully saturated rings. The second-order valence-corrected chi connectivity index (χ2v) is 6.37. The van der Waals surface area contributed by atoms with Gasteiger partial charge >= 0.3 is 0 Å². The van der Waals surface area contributed by atoms with Crippen molar-refractivity contribution in [3.63, 3.8) is 0 Å². The normalized spacial score (nSPS) is 14.4. The van der Waals surface area contributed by atoms with E-state index in [-0.39, 0.29) is 11.8 Å². The molecule has 7 nitrogen and oxygen atoms in total. The molecule has 0 aliphatic carbocycles.